The Morgan fingerprint density at radius 1 is 1.02 bits per heavy atom. The van der Waals surface area contributed by atoms with Crippen LogP contribution in [0.25, 0.3) is 16.6 Å². The lowest BCUT2D eigenvalue weighted by Gasteiger charge is -2.19. The summed E-state index contributed by atoms with van der Waals surface area (Å²) in [6, 6.07) is 18.6. The van der Waals surface area contributed by atoms with E-state index < -0.39 is 39.7 Å². The number of aromatic nitrogens is 4. The smallest absolute Gasteiger partial charge is 0.322 e. The van der Waals surface area contributed by atoms with Crippen molar-refractivity contribution in [2.45, 2.75) is 39.5 Å². The Labute approximate surface area is 282 Å². The molecule has 5 aromatic rings. The Balaban J connectivity index is 0.00000101. The van der Waals surface area contributed by atoms with Gasteiger partial charge in [0.15, 0.2) is 0 Å². The third kappa shape index (κ3) is 9.50. The van der Waals surface area contributed by atoms with E-state index in [1.165, 1.54) is 17.8 Å². The maximum absolute atomic E-state index is 13.7. The molecule has 5 rings (SSSR count). The number of para-hydroxylation sites is 1. The first kappa shape index (κ1) is 36.3. The van der Waals surface area contributed by atoms with Crippen LogP contribution in [0.4, 0.5) is 5.82 Å². The first-order chi connectivity index (χ1) is 23.2. The van der Waals surface area contributed by atoms with Crippen molar-refractivity contribution in [1.82, 2.24) is 19.3 Å². The number of esters is 1. The van der Waals surface area contributed by atoms with Gasteiger partial charge in [0.1, 0.15) is 40.8 Å². The van der Waals surface area contributed by atoms with Gasteiger partial charge in [-0.15, -0.1) is 0 Å². The summed E-state index contributed by atoms with van der Waals surface area (Å²) in [6.45, 7) is 5.00. The highest BCUT2D eigenvalue weighted by atomic mass is 32.2. The number of nitrogens with two attached hydrogens (primary N) is 1. The zero-order valence-electron chi connectivity index (χ0n) is 27.4. The van der Waals surface area contributed by atoms with E-state index in [0.29, 0.717) is 40.4 Å². The number of rotatable bonds is 10. The highest BCUT2D eigenvalue weighted by molar-refractivity contribution is 7.85. The predicted octanol–water partition coefficient (Wildman–Crippen LogP) is 3.73. The summed E-state index contributed by atoms with van der Waals surface area (Å²) in [4.78, 5) is 47.9. The number of methoxy groups -OCH3 is 1. The van der Waals surface area contributed by atoms with Gasteiger partial charge in [-0.25, -0.2) is 9.67 Å². The van der Waals surface area contributed by atoms with Crippen LogP contribution in [0.5, 0.6) is 17.2 Å². The van der Waals surface area contributed by atoms with Crippen molar-refractivity contribution in [2.24, 2.45) is 5.73 Å². The first-order valence-corrected chi connectivity index (χ1v) is 16.7. The zero-order chi connectivity index (χ0) is 35.9. The molecular weight excluding hydrogens is 656 g/mol. The van der Waals surface area contributed by atoms with Crippen LogP contribution in [0.15, 0.2) is 83.9 Å². The van der Waals surface area contributed by atoms with E-state index in [4.69, 9.17) is 24.5 Å². The number of hydrogen-bond acceptors (Lipinski definition) is 11. The van der Waals surface area contributed by atoms with Crippen LogP contribution in [0.2, 0.25) is 0 Å². The number of anilines is 1. The summed E-state index contributed by atoms with van der Waals surface area (Å²) < 4.78 is 45.6. The second-order valence-electron chi connectivity index (χ2n) is 10.9. The number of hydrogen-bond donors (Lipinski definition) is 3. The molecule has 2 atom stereocenters. The van der Waals surface area contributed by atoms with Crippen LogP contribution in [0.3, 0.4) is 0 Å². The molecule has 4 N–H and O–H groups in total. The van der Waals surface area contributed by atoms with E-state index in [-0.39, 0.29) is 17.9 Å². The van der Waals surface area contributed by atoms with Crippen LogP contribution in [0, 0.1) is 6.92 Å². The molecule has 0 aliphatic rings. The summed E-state index contributed by atoms with van der Waals surface area (Å²) in [5.41, 5.74) is 6.69. The number of ether oxygens (including phenoxy) is 3. The van der Waals surface area contributed by atoms with Crippen molar-refractivity contribution in [1.29, 1.82) is 0 Å². The molecule has 0 bridgehead atoms. The minimum atomic E-state index is -3.67. The molecule has 3 aromatic heterocycles. The Morgan fingerprint density at radius 2 is 1.69 bits per heavy atom. The molecular formula is C33H36N6O9S. The fraction of sp³-hybridized carbons (Fsp3) is 0.242. The third-order valence-electron chi connectivity index (χ3n) is 6.86. The SMILES string of the molecule is COc1ccc2c(Oc3ccc(NC(=O)c4c(C)n(CC(C)OC(=O)C(C)N)n(-c5ccccc5)c4=O)nc3)ccnc2c1.CS(=O)(=O)O. The van der Waals surface area contributed by atoms with Gasteiger partial charge in [0.05, 0.1) is 43.0 Å². The second-order valence-corrected chi connectivity index (χ2v) is 12.4. The van der Waals surface area contributed by atoms with Gasteiger partial charge >= 0.3 is 5.97 Å². The number of fused-ring (bicyclic) bond motifs is 1. The van der Waals surface area contributed by atoms with Gasteiger partial charge in [-0.2, -0.15) is 8.42 Å². The van der Waals surface area contributed by atoms with Crippen LogP contribution in [0.1, 0.15) is 29.9 Å². The Morgan fingerprint density at radius 3 is 2.31 bits per heavy atom. The largest absolute Gasteiger partial charge is 0.497 e. The van der Waals surface area contributed by atoms with E-state index in [0.717, 1.165) is 5.39 Å². The highest BCUT2D eigenvalue weighted by Crippen LogP contribution is 2.30. The molecule has 1 amide bonds. The molecule has 3 heterocycles. The van der Waals surface area contributed by atoms with Gasteiger partial charge < -0.3 is 25.3 Å². The standard InChI is InChI=1S/C32H32N6O6.CH4O3S/c1-19(43-32(41)20(2)33)18-37-21(3)29(31(40)38(37)22-8-6-5-7-9-22)30(39)36-28-13-11-24(17-35-28)44-27-14-15-34-26-16-23(42-4)10-12-25(26)27;1-5(2,3)4/h5-17,19-20H,18,33H2,1-4H3,(H,35,36,39);1H3,(H,2,3,4). The van der Waals surface area contributed by atoms with Crippen LogP contribution in [-0.4, -0.2) is 69.7 Å². The Kier molecular flexibility index (Phi) is 11.5. The molecule has 2 unspecified atom stereocenters. The number of nitrogens with one attached hydrogen (secondary N) is 1. The minimum Gasteiger partial charge on any atom is -0.497 e. The van der Waals surface area contributed by atoms with Gasteiger partial charge in [-0.3, -0.25) is 28.6 Å². The van der Waals surface area contributed by atoms with E-state index in [2.05, 4.69) is 15.3 Å². The third-order valence-corrected chi connectivity index (χ3v) is 6.86. The summed E-state index contributed by atoms with van der Waals surface area (Å²) in [5, 5.41) is 3.50. The molecule has 0 aliphatic carbocycles. The molecule has 16 heteroatoms. The molecule has 2 aromatic carbocycles. The minimum absolute atomic E-state index is 0.0691. The predicted molar refractivity (Wildman–Crippen MR) is 182 cm³/mol. The average Bonchev–Trinajstić information content (AvgIpc) is 3.29. The number of benzene rings is 2. The van der Waals surface area contributed by atoms with Gasteiger partial charge in [0.25, 0.3) is 21.6 Å². The van der Waals surface area contributed by atoms with Gasteiger partial charge in [-0.1, -0.05) is 18.2 Å². The molecule has 0 saturated heterocycles. The van der Waals surface area contributed by atoms with Gasteiger partial charge in [0.2, 0.25) is 0 Å². The van der Waals surface area contributed by atoms with Crippen molar-refractivity contribution in [3.8, 4) is 22.9 Å². The number of nitrogens with zero attached hydrogens (tertiary/aromatic N) is 4. The zero-order valence-corrected chi connectivity index (χ0v) is 28.2. The van der Waals surface area contributed by atoms with Crippen molar-refractivity contribution >= 4 is 38.7 Å². The summed E-state index contributed by atoms with van der Waals surface area (Å²) in [7, 11) is -2.08. The van der Waals surface area contributed by atoms with Crippen molar-refractivity contribution < 1.29 is 36.8 Å². The molecule has 0 aliphatic heterocycles. The summed E-state index contributed by atoms with van der Waals surface area (Å²) in [5.74, 6) is 0.731. The molecule has 0 spiro atoms. The topological polar surface area (TPSA) is 207 Å². The molecule has 0 radical (unpaired) electrons. The molecule has 258 valence electrons. The van der Waals surface area contributed by atoms with E-state index in [1.807, 2.05) is 24.3 Å². The second kappa shape index (κ2) is 15.5. The maximum Gasteiger partial charge on any atom is 0.322 e. The van der Waals surface area contributed by atoms with Crippen molar-refractivity contribution in [3.63, 3.8) is 0 Å². The Hall–Kier alpha value is -5.58. The van der Waals surface area contributed by atoms with Crippen LogP contribution in [-0.2, 0) is 26.2 Å². The highest BCUT2D eigenvalue weighted by Gasteiger charge is 2.26. The molecule has 0 saturated carbocycles. The summed E-state index contributed by atoms with van der Waals surface area (Å²) >= 11 is 0. The normalized spacial score (nSPS) is 12.3. The lowest BCUT2D eigenvalue weighted by molar-refractivity contribution is -0.150. The molecule has 15 nitrogen and oxygen atoms in total. The van der Waals surface area contributed by atoms with E-state index >= 15 is 0 Å². The lowest BCUT2D eigenvalue weighted by Crippen LogP contribution is -2.34. The quantitative estimate of drug-likeness (QED) is 0.141. The average molecular weight is 693 g/mol. The van der Waals surface area contributed by atoms with E-state index in [1.54, 1.807) is 74.3 Å². The van der Waals surface area contributed by atoms with Crippen LogP contribution < -0.4 is 26.1 Å². The van der Waals surface area contributed by atoms with Crippen molar-refractivity contribution in [2.75, 3.05) is 18.7 Å². The Bertz CT molecular complexity index is 2100. The lowest BCUT2D eigenvalue weighted by atomic mass is 10.2. The van der Waals surface area contributed by atoms with E-state index in [9.17, 15) is 22.8 Å². The maximum atomic E-state index is 13.7. The summed E-state index contributed by atoms with van der Waals surface area (Å²) in [6.07, 6.45) is 3.20. The van der Waals surface area contributed by atoms with Crippen LogP contribution >= 0.6 is 0 Å². The van der Waals surface area contributed by atoms with Gasteiger partial charge in [0, 0.05) is 17.6 Å². The molecule has 49 heavy (non-hydrogen) atoms. The molecule has 0 fully saturated rings. The fourth-order valence-electron chi connectivity index (χ4n) is 4.68. The number of carbonyl (C=O) groups excluding carboxylic acids is 2. The van der Waals surface area contributed by atoms with Crippen molar-refractivity contribution in [3.05, 3.63) is 101 Å². The number of carbonyl (C=O) groups is 2. The van der Waals surface area contributed by atoms with Gasteiger partial charge in [-0.05, 0) is 63.2 Å². The first-order valence-electron chi connectivity index (χ1n) is 14.8. The number of amides is 1. The fourth-order valence-corrected chi connectivity index (χ4v) is 4.68. The monoisotopic (exact) mass is 692 g/mol. The number of pyridine rings is 2.